The first-order valence-electron chi connectivity index (χ1n) is 6.01. The Labute approximate surface area is 111 Å². The molecule has 1 aromatic rings. The van der Waals surface area contributed by atoms with Crippen LogP contribution < -0.4 is 0 Å². The molecule has 0 spiro atoms. The van der Waals surface area contributed by atoms with E-state index in [1.165, 1.54) is 17.8 Å². The van der Waals surface area contributed by atoms with Crippen molar-refractivity contribution >= 4 is 28.8 Å². The van der Waals surface area contributed by atoms with Crippen molar-refractivity contribution in [1.29, 1.82) is 0 Å². The van der Waals surface area contributed by atoms with E-state index in [2.05, 4.69) is 4.98 Å². The molecule has 0 aliphatic heterocycles. The van der Waals surface area contributed by atoms with E-state index in [0.29, 0.717) is 17.6 Å². The van der Waals surface area contributed by atoms with Crippen molar-refractivity contribution in [2.75, 3.05) is 12.4 Å². The van der Waals surface area contributed by atoms with Crippen molar-refractivity contribution in [2.45, 2.75) is 38.6 Å². The SMILES string of the molecule is Cc1nc(C(=O)N(CCCCl)C2CCC2)cs1. The summed E-state index contributed by atoms with van der Waals surface area (Å²) in [6, 6.07) is 0.410. The monoisotopic (exact) mass is 272 g/mol. The van der Waals surface area contributed by atoms with Crippen LogP contribution in [-0.4, -0.2) is 34.3 Å². The fourth-order valence-electron chi connectivity index (χ4n) is 1.99. The highest BCUT2D eigenvalue weighted by molar-refractivity contribution is 7.09. The summed E-state index contributed by atoms with van der Waals surface area (Å²) in [6.45, 7) is 2.68. The Morgan fingerprint density at radius 3 is 2.88 bits per heavy atom. The molecule has 1 fully saturated rings. The zero-order valence-corrected chi connectivity index (χ0v) is 11.6. The molecule has 1 saturated carbocycles. The van der Waals surface area contributed by atoms with Crippen LogP contribution in [-0.2, 0) is 0 Å². The van der Waals surface area contributed by atoms with E-state index in [0.717, 1.165) is 30.8 Å². The number of rotatable bonds is 5. The third-order valence-electron chi connectivity index (χ3n) is 3.15. The largest absolute Gasteiger partial charge is 0.334 e. The predicted molar refractivity (Wildman–Crippen MR) is 70.9 cm³/mol. The third-order valence-corrected chi connectivity index (χ3v) is 4.19. The van der Waals surface area contributed by atoms with Gasteiger partial charge in [-0.25, -0.2) is 4.98 Å². The number of aryl methyl sites for hydroxylation is 1. The van der Waals surface area contributed by atoms with Crippen LogP contribution in [0.3, 0.4) is 0 Å². The number of carbonyl (C=O) groups is 1. The van der Waals surface area contributed by atoms with Crippen molar-refractivity contribution < 1.29 is 4.79 Å². The number of aromatic nitrogens is 1. The lowest BCUT2D eigenvalue weighted by Crippen LogP contribution is -2.45. The maximum Gasteiger partial charge on any atom is 0.273 e. The van der Waals surface area contributed by atoms with E-state index >= 15 is 0 Å². The molecular weight excluding hydrogens is 256 g/mol. The first-order valence-corrected chi connectivity index (χ1v) is 7.43. The predicted octanol–water partition coefficient (Wildman–Crippen LogP) is 3.08. The molecule has 17 heavy (non-hydrogen) atoms. The number of hydrogen-bond donors (Lipinski definition) is 0. The zero-order valence-electron chi connectivity index (χ0n) is 9.99. The number of halogens is 1. The summed E-state index contributed by atoms with van der Waals surface area (Å²) in [4.78, 5) is 18.6. The van der Waals surface area contributed by atoms with Crippen LogP contribution >= 0.6 is 22.9 Å². The van der Waals surface area contributed by atoms with Crippen molar-refractivity contribution in [1.82, 2.24) is 9.88 Å². The molecule has 0 aromatic carbocycles. The molecule has 3 nitrogen and oxygen atoms in total. The molecule has 1 aromatic heterocycles. The highest BCUT2D eigenvalue weighted by Gasteiger charge is 2.29. The average Bonchev–Trinajstić information content (AvgIpc) is 2.67. The Morgan fingerprint density at radius 2 is 2.41 bits per heavy atom. The van der Waals surface area contributed by atoms with Crippen molar-refractivity contribution in [3.63, 3.8) is 0 Å². The molecule has 1 heterocycles. The fraction of sp³-hybridized carbons (Fsp3) is 0.667. The minimum Gasteiger partial charge on any atom is -0.334 e. The molecule has 2 rings (SSSR count). The van der Waals surface area contributed by atoms with Crippen LogP contribution in [0.25, 0.3) is 0 Å². The van der Waals surface area contributed by atoms with Gasteiger partial charge in [-0.05, 0) is 32.6 Å². The highest BCUT2D eigenvalue weighted by atomic mass is 35.5. The van der Waals surface area contributed by atoms with Crippen LogP contribution in [0.2, 0.25) is 0 Å². The maximum atomic E-state index is 12.3. The van der Waals surface area contributed by atoms with Gasteiger partial charge in [0.25, 0.3) is 5.91 Å². The number of hydrogen-bond acceptors (Lipinski definition) is 3. The van der Waals surface area contributed by atoms with E-state index in [1.54, 1.807) is 0 Å². The summed E-state index contributed by atoms with van der Waals surface area (Å²) < 4.78 is 0. The second kappa shape index (κ2) is 5.83. The van der Waals surface area contributed by atoms with Gasteiger partial charge < -0.3 is 4.90 Å². The normalized spacial score (nSPS) is 15.6. The van der Waals surface area contributed by atoms with E-state index in [1.807, 2.05) is 17.2 Å². The molecule has 0 unspecified atom stereocenters. The standard InChI is InChI=1S/C12H17ClN2OS/c1-9-14-11(8-17-9)12(16)15(7-3-6-13)10-4-2-5-10/h8,10H,2-7H2,1H3. The Balaban J connectivity index is 2.06. The second-order valence-electron chi connectivity index (χ2n) is 4.38. The van der Waals surface area contributed by atoms with Gasteiger partial charge in [-0.1, -0.05) is 0 Å². The Morgan fingerprint density at radius 1 is 1.65 bits per heavy atom. The Hall–Kier alpha value is -0.610. The first-order chi connectivity index (χ1) is 8.22. The molecule has 1 aliphatic carbocycles. The molecule has 94 valence electrons. The molecule has 0 bridgehead atoms. The highest BCUT2D eigenvalue weighted by Crippen LogP contribution is 2.26. The smallest absolute Gasteiger partial charge is 0.273 e. The lowest BCUT2D eigenvalue weighted by Gasteiger charge is -2.37. The van der Waals surface area contributed by atoms with Gasteiger partial charge >= 0.3 is 0 Å². The van der Waals surface area contributed by atoms with Crippen LogP contribution in [0.4, 0.5) is 0 Å². The number of alkyl halides is 1. The number of thiazole rings is 1. The quantitative estimate of drug-likeness (QED) is 0.772. The van der Waals surface area contributed by atoms with Gasteiger partial charge in [0.15, 0.2) is 0 Å². The van der Waals surface area contributed by atoms with Crippen LogP contribution in [0.1, 0.15) is 41.2 Å². The number of carbonyl (C=O) groups excluding carboxylic acids is 1. The molecule has 1 aliphatic rings. The van der Waals surface area contributed by atoms with Gasteiger partial charge in [-0.2, -0.15) is 0 Å². The van der Waals surface area contributed by atoms with Gasteiger partial charge in [-0.15, -0.1) is 22.9 Å². The summed E-state index contributed by atoms with van der Waals surface area (Å²) in [5.41, 5.74) is 0.592. The molecular formula is C12H17ClN2OS. The van der Waals surface area contributed by atoms with Crippen LogP contribution in [0.15, 0.2) is 5.38 Å². The van der Waals surface area contributed by atoms with Crippen molar-refractivity contribution in [3.8, 4) is 0 Å². The molecule has 5 heteroatoms. The second-order valence-corrected chi connectivity index (χ2v) is 5.82. The summed E-state index contributed by atoms with van der Waals surface area (Å²) in [5.74, 6) is 0.677. The number of nitrogens with zero attached hydrogens (tertiary/aromatic N) is 2. The summed E-state index contributed by atoms with van der Waals surface area (Å²) >= 11 is 7.24. The third kappa shape index (κ3) is 2.99. The van der Waals surface area contributed by atoms with E-state index in [4.69, 9.17) is 11.6 Å². The number of amides is 1. The minimum absolute atomic E-state index is 0.0733. The minimum atomic E-state index is 0.0733. The lowest BCUT2D eigenvalue weighted by molar-refractivity contribution is 0.0575. The summed E-state index contributed by atoms with van der Waals surface area (Å²) in [7, 11) is 0. The average molecular weight is 273 g/mol. The topological polar surface area (TPSA) is 33.2 Å². The van der Waals surface area contributed by atoms with E-state index in [-0.39, 0.29) is 5.91 Å². The first kappa shape index (κ1) is 12.8. The Kier molecular flexibility index (Phi) is 4.40. The van der Waals surface area contributed by atoms with Gasteiger partial charge in [0.1, 0.15) is 5.69 Å². The van der Waals surface area contributed by atoms with Gasteiger partial charge in [0, 0.05) is 23.8 Å². The van der Waals surface area contributed by atoms with Crippen LogP contribution in [0.5, 0.6) is 0 Å². The summed E-state index contributed by atoms with van der Waals surface area (Å²) in [6.07, 6.45) is 4.33. The van der Waals surface area contributed by atoms with Crippen LogP contribution in [0, 0.1) is 6.92 Å². The van der Waals surface area contributed by atoms with Crippen molar-refractivity contribution in [2.24, 2.45) is 0 Å². The maximum absolute atomic E-state index is 12.3. The molecule has 1 amide bonds. The lowest BCUT2D eigenvalue weighted by atomic mass is 9.91. The molecule has 0 saturated heterocycles. The fourth-order valence-corrected chi connectivity index (χ4v) is 2.69. The summed E-state index contributed by atoms with van der Waals surface area (Å²) in [5, 5.41) is 2.79. The van der Waals surface area contributed by atoms with Gasteiger partial charge in [0.05, 0.1) is 5.01 Å². The molecule has 0 atom stereocenters. The zero-order chi connectivity index (χ0) is 12.3. The molecule has 0 radical (unpaired) electrons. The van der Waals surface area contributed by atoms with E-state index < -0.39 is 0 Å². The van der Waals surface area contributed by atoms with Gasteiger partial charge in [-0.3, -0.25) is 4.79 Å². The van der Waals surface area contributed by atoms with Gasteiger partial charge in [0.2, 0.25) is 0 Å². The Bertz CT molecular complexity index is 390. The van der Waals surface area contributed by atoms with Crippen molar-refractivity contribution in [3.05, 3.63) is 16.1 Å². The molecule has 0 N–H and O–H groups in total. The van der Waals surface area contributed by atoms with E-state index in [9.17, 15) is 4.79 Å².